The van der Waals surface area contributed by atoms with E-state index in [2.05, 4.69) is 16.8 Å². The van der Waals surface area contributed by atoms with Crippen molar-refractivity contribution in [3.63, 3.8) is 0 Å². The van der Waals surface area contributed by atoms with Gasteiger partial charge in [0.15, 0.2) is 5.82 Å². The number of para-hydroxylation sites is 1. The van der Waals surface area contributed by atoms with Gasteiger partial charge in [-0.15, -0.1) is 5.10 Å². The van der Waals surface area contributed by atoms with Crippen molar-refractivity contribution < 1.29 is 4.39 Å². The highest BCUT2D eigenvalue weighted by atomic mass is 19.1. The number of anilines is 1. The maximum atomic E-state index is 13.8. The molecule has 1 aliphatic heterocycles. The van der Waals surface area contributed by atoms with E-state index in [0.717, 1.165) is 48.6 Å². The highest BCUT2D eigenvalue weighted by molar-refractivity contribution is 5.92. The third kappa shape index (κ3) is 2.57. The topological polar surface area (TPSA) is 24.3 Å². The molecular formula is C18H19FN4. The minimum atomic E-state index is -0.237. The molecule has 0 N–H and O–H groups in total. The number of benzene rings is 2. The highest BCUT2D eigenvalue weighted by Crippen LogP contribution is 2.29. The van der Waals surface area contributed by atoms with E-state index in [9.17, 15) is 4.39 Å². The standard InChI is InChI=1S/C18H19FN4/c1-21-9-11-22(12-10-21)18-16-8-7-14(19)13-17(16)23(20-18)15-5-3-2-4-6-15/h2-8,13H,9-12H2,1H3. The van der Waals surface area contributed by atoms with Crippen LogP contribution in [0.3, 0.4) is 0 Å². The molecule has 3 aromatic rings. The number of rotatable bonds is 2. The number of hydrogen-bond donors (Lipinski definition) is 0. The molecule has 4 rings (SSSR count). The van der Waals surface area contributed by atoms with Gasteiger partial charge in [-0.05, 0) is 31.3 Å². The Morgan fingerprint density at radius 3 is 2.43 bits per heavy atom. The van der Waals surface area contributed by atoms with Gasteiger partial charge >= 0.3 is 0 Å². The summed E-state index contributed by atoms with van der Waals surface area (Å²) >= 11 is 0. The van der Waals surface area contributed by atoms with Crippen LogP contribution in [-0.4, -0.2) is 47.9 Å². The second kappa shape index (κ2) is 5.66. The molecule has 1 saturated heterocycles. The summed E-state index contributed by atoms with van der Waals surface area (Å²) < 4.78 is 15.6. The SMILES string of the molecule is CN1CCN(c2nn(-c3ccccc3)c3cc(F)ccc23)CC1. The summed E-state index contributed by atoms with van der Waals surface area (Å²) in [5.74, 6) is 0.705. The summed E-state index contributed by atoms with van der Waals surface area (Å²) in [5.41, 5.74) is 1.76. The fraction of sp³-hybridized carbons (Fsp3) is 0.278. The zero-order chi connectivity index (χ0) is 15.8. The van der Waals surface area contributed by atoms with E-state index >= 15 is 0 Å². The van der Waals surface area contributed by atoms with Crippen molar-refractivity contribution in [1.82, 2.24) is 14.7 Å². The molecule has 0 bridgehead atoms. The first kappa shape index (κ1) is 14.2. The molecule has 5 heteroatoms. The Morgan fingerprint density at radius 1 is 0.957 bits per heavy atom. The Hall–Kier alpha value is -2.40. The number of likely N-dealkylation sites (N-methyl/N-ethyl adjacent to an activating group) is 1. The quantitative estimate of drug-likeness (QED) is 0.727. The molecule has 4 nitrogen and oxygen atoms in total. The van der Waals surface area contributed by atoms with E-state index < -0.39 is 0 Å². The van der Waals surface area contributed by atoms with E-state index in [-0.39, 0.29) is 5.82 Å². The average molecular weight is 310 g/mol. The summed E-state index contributed by atoms with van der Waals surface area (Å²) in [6, 6.07) is 14.8. The lowest BCUT2D eigenvalue weighted by Gasteiger charge is -2.32. The van der Waals surface area contributed by atoms with Crippen LogP contribution in [0.4, 0.5) is 10.2 Å². The van der Waals surface area contributed by atoms with Crippen LogP contribution in [0.1, 0.15) is 0 Å². The predicted octanol–water partition coefficient (Wildman–Crippen LogP) is 2.92. The Morgan fingerprint density at radius 2 is 1.70 bits per heavy atom. The first-order valence-corrected chi connectivity index (χ1v) is 7.89. The largest absolute Gasteiger partial charge is 0.352 e. The van der Waals surface area contributed by atoms with Crippen LogP contribution in [0.2, 0.25) is 0 Å². The van der Waals surface area contributed by atoms with Crippen LogP contribution in [0.15, 0.2) is 48.5 Å². The Bertz CT molecular complexity index is 820. The number of aromatic nitrogens is 2. The maximum Gasteiger partial charge on any atom is 0.159 e. The second-order valence-corrected chi connectivity index (χ2v) is 6.02. The molecule has 0 aliphatic carbocycles. The first-order chi connectivity index (χ1) is 11.2. The minimum absolute atomic E-state index is 0.237. The van der Waals surface area contributed by atoms with Gasteiger partial charge in [-0.3, -0.25) is 0 Å². The lowest BCUT2D eigenvalue weighted by molar-refractivity contribution is 0.312. The van der Waals surface area contributed by atoms with Gasteiger partial charge in [-0.1, -0.05) is 18.2 Å². The maximum absolute atomic E-state index is 13.8. The van der Waals surface area contributed by atoms with Gasteiger partial charge in [0, 0.05) is 37.6 Å². The molecule has 1 aromatic heterocycles. The molecule has 0 amide bonds. The molecule has 118 valence electrons. The highest BCUT2D eigenvalue weighted by Gasteiger charge is 2.21. The second-order valence-electron chi connectivity index (χ2n) is 6.02. The summed E-state index contributed by atoms with van der Waals surface area (Å²) in [6.07, 6.45) is 0. The minimum Gasteiger partial charge on any atom is -0.352 e. The van der Waals surface area contributed by atoms with E-state index in [1.165, 1.54) is 6.07 Å². The molecule has 1 aliphatic rings. The summed E-state index contributed by atoms with van der Waals surface area (Å²) in [6.45, 7) is 3.91. The van der Waals surface area contributed by atoms with Gasteiger partial charge < -0.3 is 9.80 Å². The number of halogens is 1. The van der Waals surface area contributed by atoms with Crippen LogP contribution in [0.5, 0.6) is 0 Å². The summed E-state index contributed by atoms with van der Waals surface area (Å²) in [4.78, 5) is 4.60. The molecule has 2 aromatic carbocycles. The summed E-state index contributed by atoms with van der Waals surface area (Å²) in [5, 5.41) is 5.81. The van der Waals surface area contributed by atoms with Crippen molar-refractivity contribution in [2.75, 3.05) is 38.1 Å². The van der Waals surface area contributed by atoms with Crippen molar-refractivity contribution in [1.29, 1.82) is 0 Å². The van der Waals surface area contributed by atoms with Crippen molar-refractivity contribution in [2.24, 2.45) is 0 Å². The Kier molecular flexibility index (Phi) is 3.50. The molecule has 23 heavy (non-hydrogen) atoms. The average Bonchev–Trinajstić information content (AvgIpc) is 2.95. The van der Waals surface area contributed by atoms with E-state index in [0.29, 0.717) is 0 Å². The third-order valence-electron chi connectivity index (χ3n) is 4.43. The molecule has 0 saturated carbocycles. The van der Waals surface area contributed by atoms with Gasteiger partial charge in [0.2, 0.25) is 0 Å². The van der Waals surface area contributed by atoms with Crippen molar-refractivity contribution >= 4 is 16.7 Å². The number of nitrogens with zero attached hydrogens (tertiary/aromatic N) is 4. The predicted molar refractivity (Wildman–Crippen MR) is 90.7 cm³/mol. The molecular weight excluding hydrogens is 291 g/mol. The lowest BCUT2D eigenvalue weighted by atomic mass is 10.2. The van der Waals surface area contributed by atoms with Crippen molar-refractivity contribution in [2.45, 2.75) is 0 Å². The fourth-order valence-corrected chi connectivity index (χ4v) is 3.09. The van der Waals surface area contributed by atoms with Crippen LogP contribution >= 0.6 is 0 Å². The lowest BCUT2D eigenvalue weighted by Crippen LogP contribution is -2.44. The first-order valence-electron chi connectivity index (χ1n) is 7.89. The van der Waals surface area contributed by atoms with Crippen LogP contribution < -0.4 is 4.90 Å². The molecule has 0 spiro atoms. The van der Waals surface area contributed by atoms with E-state index in [1.807, 2.05) is 41.1 Å². The van der Waals surface area contributed by atoms with Crippen molar-refractivity contribution in [3.8, 4) is 5.69 Å². The van der Waals surface area contributed by atoms with Crippen molar-refractivity contribution in [3.05, 3.63) is 54.3 Å². The molecule has 0 unspecified atom stereocenters. The Labute approximate surface area is 134 Å². The molecule has 0 radical (unpaired) electrons. The smallest absolute Gasteiger partial charge is 0.159 e. The van der Waals surface area contributed by atoms with Gasteiger partial charge in [-0.2, -0.15) is 0 Å². The van der Waals surface area contributed by atoms with Crippen LogP contribution in [-0.2, 0) is 0 Å². The van der Waals surface area contributed by atoms with Gasteiger partial charge in [0.1, 0.15) is 5.82 Å². The number of hydrogen-bond acceptors (Lipinski definition) is 3. The molecule has 0 atom stereocenters. The number of piperazine rings is 1. The monoisotopic (exact) mass is 310 g/mol. The van der Waals surface area contributed by atoms with Gasteiger partial charge in [-0.25, -0.2) is 9.07 Å². The van der Waals surface area contributed by atoms with E-state index in [1.54, 1.807) is 6.07 Å². The summed E-state index contributed by atoms with van der Waals surface area (Å²) in [7, 11) is 2.13. The van der Waals surface area contributed by atoms with E-state index in [4.69, 9.17) is 5.10 Å². The van der Waals surface area contributed by atoms with Crippen LogP contribution in [0, 0.1) is 5.82 Å². The number of fused-ring (bicyclic) bond motifs is 1. The normalized spacial score (nSPS) is 16.2. The zero-order valence-corrected chi connectivity index (χ0v) is 13.1. The molecule has 2 heterocycles. The van der Waals surface area contributed by atoms with Crippen LogP contribution in [0.25, 0.3) is 16.6 Å². The fourth-order valence-electron chi connectivity index (χ4n) is 3.09. The zero-order valence-electron chi connectivity index (χ0n) is 13.1. The third-order valence-corrected chi connectivity index (χ3v) is 4.43. The van der Waals surface area contributed by atoms with Gasteiger partial charge in [0.25, 0.3) is 0 Å². The Balaban J connectivity index is 1.86. The molecule has 1 fully saturated rings. The van der Waals surface area contributed by atoms with Gasteiger partial charge in [0.05, 0.1) is 11.2 Å².